The molecular formula is C17H24ClN3O2. The molecule has 7 N–H and O–H groups in total. The van der Waals surface area contributed by atoms with Gasteiger partial charge in [0.05, 0.1) is 17.2 Å². The number of dihydropyridines is 1. The van der Waals surface area contributed by atoms with Crippen LogP contribution >= 0.6 is 11.6 Å². The number of halogens is 1. The molecule has 1 aromatic carbocycles. The fraction of sp³-hybridized carbons (Fsp3) is 0.412. The number of hydrogen-bond donors (Lipinski definition) is 5. The number of rotatable bonds is 3. The number of benzene rings is 1. The van der Waals surface area contributed by atoms with Crippen LogP contribution in [0.5, 0.6) is 0 Å². The highest BCUT2D eigenvalue weighted by molar-refractivity contribution is 6.32. The van der Waals surface area contributed by atoms with Crippen LogP contribution in [0.25, 0.3) is 5.57 Å². The first-order valence-electron chi connectivity index (χ1n) is 7.39. The highest BCUT2D eigenvalue weighted by atomic mass is 35.5. The monoisotopic (exact) mass is 337 g/mol. The first-order valence-corrected chi connectivity index (χ1v) is 7.77. The summed E-state index contributed by atoms with van der Waals surface area (Å²) in [7, 11) is 0. The van der Waals surface area contributed by atoms with Crippen LogP contribution in [0.15, 0.2) is 30.1 Å². The van der Waals surface area contributed by atoms with E-state index in [2.05, 4.69) is 5.32 Å². The molecule has 0 saturated heterocycles. The highest BCUT2D eigenvalue weighted by Gasteiger charge is 2.30. The fourth-order valence-corrected chi connectivity index (χ4v) is 2.96. The Morgan fingerprint density at radius 3 is 2.22 bits per heavy atom. The molecule has 1 aromatic rings. The molecule has 2 rings (SSSR count). The standard InChI is InChI=1S/C17H24ClN3O2/c1-16(2,22)11-7-12(18)10(6-13(11)19)9-5-14(20)15(21-8-9)17(3,4)23/h5-8,15,21-23H,19-20H2,1-4H3. The van der Waals surface area contributed by atoms with Crippen LogP contribution in [0.2, 0.25) is 5.02 Å². The van der Waals surface area contributed by atoms with Crippen LogP contribution < -0.4 is 16.8 Å². The number of hydrogen-bond acceptors (Lipinski definition) is 5. The molecule has 0 bridgehead atoms. The summed E-state index contributed by atoms with van der Waals surface area (Å²) in [4.78, 5) is 0. The van der Waals surface area contributed by atoms with E-state index < -0.39 is 11.2 Å². The van der Waals surface area contributed by atoms with Crippen molar-refractivity contribution in [3.8, 4) is 0 Å². The Bertz CT molecular complexity index is 682. The molecule has 0 amide bonds. The Hall–Kier alpha value is -1.69. The molecule has 5 nitrogen and oxygen atoms in total. The normalized spacial score (nSPS) is 19.0. The molecule has 1 aliphatic rings. The van der Waals surface area contributed by atoms with E-state index in [9.17, 15) is 10.2 Å². The third-order valence-electron chi connectivity index (χ3n) is 3.88. The Balaban J connectivity index is 2.42. The lowest BCUT2D eigenvalue weighted by Crippen LogP contribution is -2.49. The van der Waals surface area contributed by atoms with E-state index in [0.717, 1.165) is 5.57 Å². The molecule has 0 spiro atoms. The van der Waals surface area contributed by atoms with Crippen molar-refractivity contribution in [3.63, 3.8) is 0 Å². The second-order valence-corrected chi connectivity index (χ2v) is 7.38. The van der Waals surface area contributed by atoms with E-state index in [1.54, 1.807) is 52.1 Å². The second-order valence-electron chi connectivity index (χ2n) is 6.98. The Morgan fingerprint density at radius 1 is 1.13 bits per heavy atom. The summed E-state index contributed by atoms with van der Waals surface area (Å²) in [6, 6.07) is 3.01. The minimum atomic E-state index is -1.08. The third kappa shape index (κ3) is 3.63. The van der Waals surface area contributed by atoms with Crippen LogP contribution in [-0.4, -0.2) is 21.9 Å². The molecule has 6 heteroatoms. The van der Waals surface area contributed by atoms with Gasteiger partial charge in [0, 0.05) is 39.3 Å². The van der Waals surface area contributed by atoms with Crippen LogP contribution in [0.1, 0.15) is 38.8 Å². The lowest BCUT2D eigenvalue weighted by Gasteiger charge is -2.33. The van der Waals surface area contributed by atoms with E-state index in [1.165, 1.54) is 0 Å². The number of nitrogen functional groups attached to an aromatic ring is 1. The van der Waals surface area contributed by atoms with Gasteiger partial charge in [-0.1, -0.05) is 11.6 Å². The Morgan fingerprint density at radius 2 is 1.74 bits per heavy atom. The number of aliphatic hydroxyl groups is 2. The third-order valence-corrected chi connectivity index (χ3v) is 4.19. The van der Waals surface area contributed by atoms with E-state index >= 15 is 0 Å². The van der Waals surface area contributed by atoms with Gasteiger partial charge in [0.15, 0.2) is 0 Å². The second kappa shape index (κ2) is 5.74. The number of allylic oxidation sites excluding steroid dienone is 2. The van der Waals surface area contributed by atoms with Gasteiger partial charge in [0.2, 0.25) is 0 Å². The van der Waals surface area contributed by atoms with E-state index in [0.29, 0.717) is 27.5 Å². The summed E-state index contributed by atoms with van der Waals surface area (Å²) in [5, 5.41) is 23.8. The van der Waals surface area contributed by atoms with Crippen molar-refractivity contribution in [1.82, 2.24) is 5.32 Å². The zero-order chi connectivity index (χ0) is 17.6. The molecule has 1 heterocycles. The largest absolute Gasteiger partial charge is 0.400 e. The number of nitrogens with two attached hydrogens (primary N) is 2. The van der Waals surface area contributed by atoms with Gasteiger partial charge in [0.25, 0.3) is 0 Å². The van der Waals surface area contributed by atoms with Crippen LogP contribution in [0, 0.1) is 0 Å². The molecule has 1 aliphatic heterocycles. The molecule has 0 fully saturated rings. The molecule has 0 aliphatic carbocycles. The number of anilines is 1. The zero-order valence-electron chi connectivity index (χ0n) is 13.8. The predicted octanol–water partition coefficient (Wildman–Crippen LogP) is 2.08. The van der Waals surface area contributed by atoms with Crippen molar-refractivity contribution in [2.75, 3.05) is 5.73 Å². The van der Waals surface area contributed by atoms with Gasteiger partial charge < -0.3 is 27.0 Å². The molecule has 1 atom stereocenters. The smallest absolute Gasteiger partial charge is 0.0937 e. The van der Waals surface area contributed by atoms with Crippen LogP contribution in [0.4, 0.5) is 5.69 Å². The molecule has 126 valence electrons. The van der Waals surface area contributed by atoms with Gasteiger partial charge in [-0.2, -0.15) is 0 Å². The van der Waals surface area contributed by atoms with Crippen molar-refractivity contribution >= 4 is 22.9 Å². The van der Waals surface area contributed by atoms with Gasteiger partial charge in [-0.25, -0.2) is 0 Å². The van der Waals surface area contributed by atoms with Gasteiger partial charge in [-0.05, 0) is 45.9 Å². The van der Waals surface area contributed by atoms with Crippen molar-refractivity contribution < 1.29 is 10.2 Å². The summed E-state index contributed by atoms with van der Waals surface area (Å²) < 4.78 is 0. The Kier molecular flexibility index (Phi) is 4.41. The van der Waals surface area contributed by atoms with Gasteiger partial charge in [0.1, 0.15) is 0 Å². The minimum absolute atomic E-state index is 0.377. The summed E-state index contributed by atoms with van der Waals surface area (Å²) in [6.07, 6.45) is 3.52. The van der Waals surface area contributed by atoms with E-state index in [4.69, 9.17) is 23.1 Å². The summed E-state index contributed by atoms with van der Waals surface area (Å²) in [6.45, 7) is 6.68. The Labute approximate surface area is 141 Å². The highest BCUT2D eigenvalue weighted by Crippen LogP contribution is 2.35. The quantitative estimate of drug-likeness (QED) is 0.543. The van der Waals surface area contributed by atoms with Crippen molar-refractivity contribution in [3.05, 3.63) is 46.3 Å². The molecule has 1 unspecified atom stereocenters. The molecule has 0 radical (unpaired) electrons. The van der Waals surface area contributed by atoms with Gasteiger partial charge >= 0.3 is 0 Å². The van der Waals surface area contributed by atoms with Crippen LogP contribution in [0.3, 0.4) is 0 Å². The molecular weight excluding hydrogens is 314 g/mol. The summed E-state index contributed by atoms with van der Waals surface area (Å²) >= 11 is 6.36. The molecule has 0 aromatic heterocycles. The first kappa shape index (κ1) is 17.7. The van der Waals surface area contributed by atoms with E-state index in [-0.39, 0.29) is 6.04 Å². The molecule has 0 saturated carbocycles. The van der Waals surface area contributed by atoms with Crippen molar-refractivity contribution in [1.29, 1.82) is 0 Å². The topological polar surface area (TPSA) is 105 Å². The summed E-state index contributed by atoms with van der Waals surface area (Å²) in [5.74, 6) is 0. The zero-order valence-corrected chi connectivity index (χ0v) is 14.6. The first-order chi connectivity index (χ1) is 10.4. The fourth-order valence-electron chi connectivity index (χ4n) is 2.68. The maximum absolute atomic E-state index is 10.1. The summed E-state index contributed by atoms with van der Waals surface area (Å²) in [5.41, 5.74) is 13.1. The lowest BCUT2D eigenvalue weighted by atomic mass is 9.90. The minimum Gasteiger partial charge on any atom is -0.400 e. The molecule has 23 heavy (non-hydrogen) atoms. The van der Waals surface area contributed by atoms with Crippen molar-refractivity contribution in [2.45, 2.75) is 44.9 Å². The van der Waals surface area contributed by atoms with Gasteiger partial charge in [-0.3, -0.25) is 0 Å². The average Bonchev–Trinajstić information content (AvgIpc) is 2.38. The maximum atomic E-state index is 10.1. The maximum Gasteiger partial charge on any atom is 0.0937 e. The average molecular weight is 338 g/mol. The van der Waals surface area contributed by atoms with E-state index in [1.807, 2.05) is 0 Å². The van der Waals surface area contributed by atoms with Crippen molar-refractivity contribution in [2.24, 2.45) is 5.73 Å². The van der Waals surface area contributed by atoms with Gasteiger partial charge in [-0.15, -0.1) is 0 Å². The number of nitrogens with one attached hydrogen (secondary N) is 1. The predicted molar refractivity (Wildman–Crippen MR) is 94.6 cm³/mol. The van der Waals surface area contributed by atoms with Crippen LogP contribution in [-0.2, 0) is 5.60 Å². The SMILES string of the molecule is CC(C)(O)c1cc(Cl)c(C2=CNC(C(C)(C)O)C(N)=C2)cc1N. The lowest BCUT2D eigenvalue weighted by molar-refractivity contribution is 0.0543.